The van der Waals surface area contributed by atoms with Gasteiger partial charge in [0.25, 0.3) is 0 Å². The first-order valence-corrected chi connectivity index (χ1v) is 12.9. The molecule has 2 N–H and O–H groups in total. The number of carboxylic acid groups (broad SMARTS) is 3. The summed E-state index contributed by atoms with van der Waals surface area (Å²) in [6, 6.07) is 0. The van der Waals surface area contributed by atoms with E-state index in [1.165, 1.54) is 32.1 Å². The maximum Gasteiger partial charge on any atom is 0.303 e. The lowest BCUT2D eigenvalue weighted by molar-refractivity contribution is -0.929. The van der Waals surface area contributed by atoms with Crippen molar-refractivity contribution in [3.63, 3.8) is 0 Å². The van der Waals surface area contributed by atoms with E-state index in [0.29, 0.717) is 43.4 Å². The number of hydrogen-bond donors (Lipinski definition) is 2. The number of nitrogens with zero attached hydrogens (tertiary/aromatic N) is 1. The molecule has 0 bridgehead atoms. The second kappa shape index (κ2) is 20.7. The summed E-state index contributed by atoms with van der Waals surface area (Å²) >= 11 is 0. The number of rotatable bonds is 24. The first kappa shape index (κ1) is 31.1. The fourth-order valence-electron chi connectivity index (χ4n) is 4.35. The van der Waals surface area contributed by atoms with Gasteiger partial charge in [-0.1, -0.05) is 44.8 Å². The Balaban J connectivity index is 4.58. The summed E-state index contributed by atoms with van der Waals surface area (Å²) in [5.41, 5.74) is 0. The highest BCUT2D eigenvalue weighted by Gasteiger charge is 2.26. The smallest absolute Gasteiger partial charge is 0.303 e. The van der Waals surface area contributed by atoms with Gasteiger partial charge in [0.1, 0.15) is 0 Å². The van der Waals surface area contributed by atoms with Crippen molar-refractivity contribution >= 4 is 17.9 Å². The molecule has 0 rings (SSSR count). The third-order valence-electron chi connectivity index (χ3n) is 6.20. The molecular formula is C26H47NO6. The van der Waals surface area contributed by atoms with Crippen molar-refractivity contribution in [2.45, 2.75) is 110 Å². The van der Waals surface area contributed by atoms with Crippen molar-refractivity contribution in [2.75, 3.05) is 26.2 Å². The molecule has 0 saturated heterocycles. The van der Waals surface area contributed by atoms with Gasteiger partial charge in [0.05, 0.1) is 39.0 Å². The standard InChI is InChI=1S/C26H47NO6/c1-2-3-4-5-6-7-8-9-10-11-12-13-20-27(21-14-17-24(28)29,22-15-18-25(30)31)23-16-19-26(32)33/h8-9H,2-7,10-23H2,1H3,(H2-,28,29,30,31,32,33)/b9-8+. The monoisotopic (exact) mass is 469 g/mol. The molecule has 0 spiro atoms. The maximum atomic E-state index is 11.0. The molecule has 192 valence electrons. The molecule has 0 atom stereocenters. The van der Waals surface area contributed by atoms with Gasteiger partial charge in [0, 0.05) is 25.2 Å². The van der Waals surface area contributed by atoms with Crippen molar-refractivity contribution in [1.82, 2.24) is 0 Å². The molecule has 33 heavy (non-hydrogen) atoms. The van der Waals surface area contributed by atoms with E-state index in [-0.39, 0.29) is 19.3 Å². The van der Waals surface area contributed by atoms with Crippen LogP contribution in [0.3, 0.4) is 0 Å². The number of hydrogen-bond acceptors (Lipinski definition) is 4. The van der Waals surface area contributed by atoms with Gasteiger partial charge in [0.15, 0.2) is 0 Å². The third-order valence-corrected chi connectivity index (χ3v) is 6.20. The summed E-state index contributed by atoms with van der Waals surface area (Å²) in [7, 11) is 0. The van der Waals surface area contributed by atoms with Gasteiger partial charge in [0.2, 0.25) is 0 Å². The molecule has 0 radical (unpaired) electrons. The summed E-state index contributed by atoms with van der Waals surface area (Å²) < 4.78 is 0.599. The summed E-state index contributed by atoms with van der Waals surface area (Å²) in [5, 5.41) is 28.9. The van der Waals surface area contributed by atoms with Crippen LogP contribution in [0.4, 0.5) is 0 Å². The molecule has 0 aromatic rings. The van der Waals surface area contributed by atoms with E-state index in [0.717, 1.165) is 38.6 Å². The molecule has 7 heteroatoms. The zero-order chi connectivity index (χ0) is 24.8. The molecule has 0 amide bonds. The number of unbranched alkanes of at least 4 members (excludes halogenated alkanes) is 8. The summed E-state index contributed by atoms with van der Waals surface area (Å²) in [6.45, 7) is 4.94. The Morgan fingerprint density at radius 3 is 1.52 bits per heavy atom. The van der Waals surface area contributed by atoms with E-state index in [2.05, 4.69) is 19.1 Å². The lowest BCUT2D eigenvalue weighted by Gasteiger charge is -2.39. The Labute approximate surface area is 200 Å². The summed E-state index contributed by atoms with van der Waals surface area (Å²) in [5.74, 6) is -2.77. The van der Waals surface area contributed by atoms with Gasteiger partial charge in [-0.25, -0.2) is 0 Å². The topological polar surface area (TPSA) is 115 Å². The molecule has 0 aromatic heterocycles. The number of carbonyl (C=O) groups excluding carboxylic acids is 1. The lowest BCUT2D eigenvalue weighted by Crippen LogP contribution is -2.51. The molecule has 0 aromatic carbocycles. The Morgan fingerprint density at radius 1 is 0.636 bits per heavy atom. The number of quaternary nitrogens is 1. The van der Waals surface area contributed by atoms with Crippen LogP contribution in [0, 0.1) is 0 Å². The minimum atomic E-state index is -1.08. The van der Waals surface area contributed by atoms with Crippen LogP contribution in [-0.2, 0) is 14.4 Å². The van der Waals surface area contributed by atoms with Crippen molar-refractivity contribution in [3.8, 4) is 0 Å². The van der Waals surface area contributed by atoms with Gasteiger partial charge in [-0.3, -0.25) is 9.59 Å². The van der Waals surface area contributed by atoms with Crippen LogP contribution in [0.5, 0.6) is 0 Å². The highest BCUT2D eigenvalue weighted by molar-refractivity contribution is 5.66. The van der Waals surface area contributed by atoms with Crippen molar-refractivity contribution < 1.29 is 34.2 Å². The maximum absolute atomic E-state index is 11.0. The predicted molar refractivity (Wildman–Crippen MR) is 129 cm³/mol. The molecule has 0 aliphatic heterocycles. The van der Waals surface area contributed by atoms with E-state index in [1.54, 1.807) is 0 Å². The lowest BCUT2D eigenvalue weighted by atomic mass is 10.1. The zero-order valence-corrected chi connectivity index (χ0v) is 20.8. The van der Waals surface area contributed by atoms with Crippen LogP contribution >= 0.6 is 0 Å². The van der Waals surface area contributed by atoms with Crippen molar-refractivity contribution in [1.29, 1.82) is 0 Å². The normalized spacial score (nSPS) is 11.8. The van der Waals surface area contributed by atoms with E-state index in [1.807, 2.05) is 0 Å². The van der Waals surface area contributed by atoms with E-state index in [4.69, 9.17) is 10.2 Å². The number of carbonyl (C=O) groups is 3. The molecule has 0 saturated carbocycles. The van der Waals surface area contributed by atoms with Crippen LogP contribution in [-0.4, -0.2) is 58.8 Å². The first-order chi connectivity index (χ1) is 15.8. The average Bonchev–Trinajstić information content (AvgIpc) is 2.73. The minimum absolute atomic E-state index is 0.0267. The molecule has 0 fully saturated rings. The van der Waals surface area contributed by atoms with Gasteiger partial charge in [-0.05, 0) is 44.9 Å². The molecule has 7 nitrogen and oxygen atoms in total. The highest BCUT2D eigenvalue weighted by atomic mass is 16.4. The number of allylic oxidation sites excluding steroid dienone is 2. The zero-order valence-electron chi connectivity index (χ0n) is 20.8. The van der Waals surface area contributed by atoms with Gasteiger partial charge >= 0.3 is 11.9 Å². The van der Waals surface area contributed by atoms with Crippen LogP contribution in [0.25, 0.3) is 0 Å². The minimum Gasteiger partial charge on any atom is -0.550 e. The second-order valence-corrected chi connectivity index (χ2v) is 9.23. The largest absolute Gasteiger partial charge is 0.550 e. The van der Waals surface area contributed by atoms with E-state index in [9.17, 15) is 19.5 Å². The van der Waals surface area contributed by atoms with Crippen LogP contribution < -0.4 is 5.11 Å². The number of aliphatic carboxylic acids is 3. The second-order valence-electron chi connectivity index (χ2n) is 9.23. The first-order valence-electron chi connectivity index (χ1n) is 12.9. The quantitative estimate of drug-likeness (QED) is 0.122. The average molecular weight is 470 g/mol. The summed E-state index contributed by atoms with van der Waals surface area (Å²) in [4.78, 5) is 32.9. The third kappa shape index (κ3) is 20.4. The Kier molecular flexibility index (Phi) is 19.5. The SMILES string of the molecule is CCCCCCC/C=C/CCCCC[N+](CCCC(=O)[O-])(CCCC(=O)O)CCCC(=O)O. The number of carboxylic acids is 3. The summed E-state index contributed by atoms with van der Waals surface area (Å²) in [6.07, 6.45) is 17.9. The van der Waals surface area contributed by atoms with Crippen LogP contribution in [0.1, 0.15) is 110 Å². The van der Waals surface area contributed by atoms with E-state index >= 15 is 0 Å². The van der Waals surface area contributed by atoms with Gasteiger partial charge in [-0.2, -0.15) is 0 Å². The Hall–Kier alpha value is -1.89. The molecule has 0 heterocycles. The van der Waals surface area contributed by atoms with Crippen molar-refractivity contribution in [2.24, 2.45) is 0 Å². The van der Waals surface area contributed by atoms with Crippen LogP contribution in [0.15, 0.2) is 12.2 Å². The fourth-order valence-corrected chi connectivity index (χ4v) is 4.35. The van der Waals surface area contributed by atoms with Gasteiger partial charge < -0.3 is 24.6 Å². The highest BCUT2D eigenvalue weighted by Crippen LogP contribution is 2.18. The molecular weight excluding hydrogens is 422 g/mol. The Bertz CT molecular complexity index is 511. The molecule has 0 aliphatic carbocycles. The molecule has 0 unspecified atom stereocenters. The van der Waals surface area contributed by atoms with Gasteiger partial charge in [-0.15, -0.1) is 0 Å². The predicted octanol–water partition coefficient (Wildman–Crippen LogP) is 4.54. The van der Waals surface area contributed by atoms with Crippen LogP contribution in [0.2, 0.25) is 0 Å². The Morgan fingerprint density at radius 2 is 1.06 bits per heavy atom. The molecule has 0 aliphatic rings. The van der Waals surface area contributed by atoms with E-state index < -0.39 is 17.9 Å². The fraction of sp³-hybridized carbons (Fsp3) is 0.808. The van der Waals surface area contributed by atoms with Crippen molar-refractivity contribution in [3.05, 3.63) is 12.2 Å².